The molecule has 3 rings (SSSR count). The number of amides is 1. The summed E-state index contributed by atoms with van der Waals surface area (Å²) in [6.07, 6.45) is -0.537. The number of ether oxygens (including phenoxy) is 2. The van der Waals surface area contributed by atoms with Crippen LogP contribution in [0, 0.1) is 10.1 Å². The van der Waals surface area contributed by atoms with Crippen LogP contribution in [0.15, 0.2) is 48.5 Å². The zero-order valence-corrected chi connectivity index (χ0v) is 16.5. The summed E-state index contributed by atoms with van der Waals surface area (Å²) < 4.78 is 11.4. The SMILES string of the molecule is CC(C)(C)OC(=O)CN1C[C@H](c2ccccc2)Oc2ccc([N+](=O)[O-])cc2C1=O. The lowest BCUT2D eigenvalue weighted by atomic mass is 10.1. The number of fused-ring (bicyclic) bond motifs is 1. The smallest absolute Gasteiger partial charge is 0.326 e. The van der Waals surface area contributed by atoms with Crippen molar-refractivity contribution >= 4 is 17.6 Å². The summed E-state index contributed by atoms with van der Waals surface area (Å²) in [6, 6.07) is 13.2. The molecule has 152 valence electrons. The summed E-state index contributed by atoms with van der Waals surface area (Å²) in [5, 5.41) is 11.1. The van der Waals surface area contributed by atoms with Crippen LogP contribution >= 0.6 is 0 Å². The van der Waals surface area contributed by atoms with Crippen molar-refractivity contribution in [1.82, 2.24) is 4.90 Å². The average molecular weight is 398 g/mol. The van der Waals surface area contributed by atoms with E-state index in [0.29, 0.717) is 0 Å². The molecule has 0 aromatic heterocycles. The molecule has 1 atom stereocenters. The fourth-order valence-corrected chi connectivity index (χ4v) is 3.05. The molecule has 1 aliphatic rings. The fourth-order valence-electron chi connectivity index (χ4n) is 3.05. The molecule has 0 spiro atoms. The summed E-state index contributed by atoms with van der Waals surface area (Å²) in [4.78, 5) is 37.3. The van der Waals surface area contributed by atoms with E-state index in [4.69, 9.17) is 9.47 Å². The van der Waals surface area contributed by atoms with Crippen LogP contribution in [0.2, 0.25) is 0 Å². The summed E-state index contributed by atoms with van der Waals surface area (Å²) >= 11 is 0. The Bertz CT molecular complexity index is 936. The molecule has 0 fully saturated rings. The molecule has 0 bridgehead atoms. The van der Waals surface area contributed by atoms with Crippen molar-refractivity contribution < 1.29 is 24.0 Å². The molecule has 0 saturated heterocycles. The van der Waals surface area contributed by atoms with E-state index in [0.717, 1.165) is 5.56 Å². The number of hydrogen-bond acceptors (Lipinski definition) is 6. The number of carbonyl (C=O) groups excluding carboxylic acids is 2. The fraction of sp³-hybridized carbons (Fsp3) is 0.333. The summed E-state index contributed by atoms with van der Waals surface area (Å²) in [5.74, 6) is -0.847. The largest absolute Gasteiger partial charge is 0.483 e. The van der Waals surface area contributed by atoms with E-state index < -0.39 is 28.5 Å². The molecule has 2 aromatic rings. The molecular weight excluding hydrogens is 376 g/mol. The van der Waals surface area contributed by atoms with Crippen LogP contribution in [0.4, 0.5) is 5.69 Å². The first kappa shape index (κ1) is 20.3. The number of nitro groups is 1. The van der Waals surface area contributed by atoms with Crippen molar-refractivity contribution in [2.45, 2.75) is 32.5 Å². The molecule has 0 radical (unpaired) electrons. The third-order valence-corrected chi connectivity index (χ3v) is 4.26. The van der Waals surface area contributed by atoms with Gasteiger partial charge in [0.1, 0.15) is 24.0 Å². The third kappa shape index (κ3) is 4.90. The maximum atomic E-state index is 13.1. The maximum absolute atomic E-state index is 13.1. The van der Waals surface area contributed by atoms with E-state index in [-0.39, 0.29) is 30.1 Å². The number of nitrogens with zero attached hydrogens (tertiary/aromatic N) is 2. The predicted octanol–water partition coefficient (Wildman–Crippen LogP) is 3.51. The molecule has 0 saturated carbocycles. The number of esters is 1. The van der Waals surface area contributed by atoms with Gasteiger partial charge in [-0.1, -0.05) is 30.3 Å². The number of rotatable bonds is 4. The number of benzene rings is 2. The Morgan fingerprint density at radius 1 is 1.24 bits per heavy atom. The van der Waals surface area contributed by atoms with Crippen molar-refractivity contribution in [3.63, 3.8) is 0 Å². The van der Waals surface area contributed by atoms with Gasteiger partial charge >= 0.3 is 5.97 Å². The Morgan fingerprint density at radius 3 is 2.55 bits per heavy atom. The molecule has 0 N–H and O–H groups in total. The van der Waals surface area contributed by atoms with Gasteiger partial charge in [0.25, 0.3) is 11.6 Å². The highest BCUT2D eigenvalue weighted by Crippen LogP contribution is 2.33. The molecule has 29 heavy (non-hydrogen) atoms. The minimum Gasteiger partial charge on any atom is -0.483 e. The quantitative estimate of drug-likeness (QED) is 0.444. The van der Waals surface area contributed by atoms with Gasteiger partial charge in [-0.2, -0.15) is 0 Å². The van der Waals surface area contributed by atoms with E-state index in [9.17, 15) is 19.7 Å². The normalized spacial score (nSPS) is 16.4. The summed E-state index contributed by atoms with van der Waals surface area (Å²) in [5.41, 5.74) is -0.0594. The van der Waals surface area contributed by atoms with E-state index in [2.05, 4.69) is 0 Å². The van der Waals surface area contributed by atoms with Gasteiger partial charge in [-0.25, -0.2) is 0 Å². The Morgan fingerprint density at radius 2 is 1.93 bits per heavy atom. The predicted molar refractivity (Wildman–Crippen MR) is 105 cm³/mol. The Kier molecular flexibility index (Phi) is 5.54. The lowest BCUT2D eigenvalue weighted by Gasteiger charge is -2.26. The molecule has 0 unspecified atom stereocenters. The molecular formula is C21H22N2O6. The highest BCUT2D eigenvalue weighted by atomic mass is 16.6. The zero-order valence-electron chi connectivity index (χ0n) is 16.5. The van der Waals surface area contributed by atoms with Gasteiger partial charge in [0.2, 0.25) is 0 Å². The van der Waals surface area contributed by atoms with Gasteiger partial charge in [-0.15, -0.1) is 0 Å². The number of non-ortho nitro benzene ring substituents is 1. The van der Waals surface area contributed by atoms with Crippen molar-refractivity contribution in [1.29, 1.82) is 0 Å². The minimum absolute atomic E-state index is 0.0428. The molecule has 8 heteroatoms. The molecule has 2 aromatic carbocycles. The summed E-state index contributed by atoms with van der Waals surface area (Å²) in [6.45, 7) is 5.03. The number of nitro benzene ring substituents is 1. The number of hydrogen-bond donors (Lipinski definition) is 0. The highest BCUT2D eigenvalue weighted by molar-refractivity contribution is 5.99. The van der Waals surface area contributed by atoms with Crippen LogP contribution in [0.3, 0.4) is 0 Å². The van der Waals surface area contributed by atoms with Gasteiger partial charge in [0, 0.05) is 12.1 Å². The van der Waals surface area contributed by atoms with Crippen molar-refractivity contribution in [3.05, 3.63) is 69.8 Å². The van der Waals surface area contributed by atoms with Crippen molar-refractivity contribution in [2.24, 2.45) is 0 Å². The Labute approximate surface area is 168 Å². The average Bonchev–Trinajstić information content (AvgIpc) is 2.78. The van der Waals surface area contributed by atoms with Gasteiger partial charge in [-0.3, -0.25) is 19.7 Å². The highest BCUT2D eigenvalue weighted by Gasteiger charge is 2.33. The monoisotopic (exact) mass is 398 g/mol. The zero-order chi connectivity index (χ0) is 21.2. The molecule has 1 amide bonds. The van der Waals surface area contributed by atoms with Gasteiger partial charge in [0.15, 0.2) is 0 Å². The van der Waals surface area contributed by atoms with E-state index in [1.807, 2.05) is 30.3 Å². The van der Waals surface area contributed by atoms with Crippen LogP contribution in [-0.2, 0) is 9.53 Å². The van der Waals surface area contributed by atoms with Gasteiger partial charge < -0.3 is 14.4 Å². The summed E-state index contributed by atoms with van der Waals surface area (Å²) in [7, 11) is 0. The second-order valence-electron chi connectivity index (χ2n) is 7.73. The van der Waals surface area contributed by atoms with Crippen LogP contribution in [-0.4, -0.2) is 40.4 Å². The molecule has 0 aliphatic carbocycles. The standard InChI is InChI=1S/C21H22N2O6/c1-21(2,3)29-19(24)13-22-12-18(14-7-5-4-6-8-14)28-17-10-9-15(23(26)27)11-16(17)20(22)25/h4-11,18H,12-13H2,1-3H3/t18-/m1/s1. The topological polar surface area (TPSA) is 99.0 Å². The van der Waals surface area contributed by atoms with Crippen LogP contribution in [0.5, 0.6) is 5.75 Å². The minimum atomic E-state index is -0.696. The first-order chi connectivity index (χ1) is 13.6. The van der Waals surface area contributed by atoms with Crippen molar-refractivity contribution in [3.8, 4) is 5.75 Å². The van der Waals surface area contributed by atoms with Crippen molar-refractivity contribution in [2.75, 3.05) is 13.1 Å². The van der Waals surface area contributed by atoms with E-state index in [1.54, 1.807) is 20.8 Å². The van der Waals surface area contributed by atoms with E-state index in [1.165, 1.54) is 23.1 Å². The molecule has 8 nitrogen and oxygen atoms in total. The molecule has 1 heterocycles. The lowest BCUT2D eigenvalue weighted by molar-refractivity contribution is -0.384. The van der Waals surface area contributed by atoms with E-state index >= 15 is 0 Å². The first-order valence-corrected chi connectivity index (χ1v) is 9.15. The second-order valence-corrected chi connectivity index (χ2v) is 7.73. The van der Waals surface area contributed by atoms with Crippen LogP contribution < -0.4 is 4.74 Å². The Hall–Kier alpha value is -3.42. The van der Waals surface area contributed by atoms with Gasteiger partial charge in [-0.05, 0) is 32.4 Å². The van der Waals surface area contributed by atoms with Crippen LogP contribution in [0.1, 0.15) is 42.8 Å². The first-order valence-electron chi connectivity index (χ1n) is 9.15. The lowest BCUT2D eigenvalue weighted by Crippen LogP contribution is -2.40. The third-order valence-electron chi connectivity index (χ3n) is 4.26. The van der Waals surface area contributed by atoms with Crippen LogP contribution in [0.25, 0.3) is 0 Å². The second kappa shape index (κ2) is 7.90. The maximum Gasteiger partial charge on any atom is 0.326 e. The molecule has 1 aliphatic heterocycles. The van der Waals surface area contributed by atoms with Gasteiger partial charge in [0.05, 0.1) is 17.0 Å². The Balaban J connectivity index is 1.98. The number of carbonyl (C=O) groups is 2.